The van der Waals surface area contributed by atoms with Crippen molar-refractivity contribution >= 4 is 5.69 Å². The van der Waals surface area contributed by atoms with Crippen LogP contribution in [0, 0.1) is 0 Å². The first-order valence-corrected chi connectivity index (χ1v) is 6.90. The molecule has 0 fully saturated rings. The van der Waals surface area contributed by atoms with Gasteiger partial charge in [0, 0.05) is 24.3 Å². The highest BCUT2D eigenvalue weighted by Crippen LogP contribution is 2.40. The van der Waals surface area contributed by atoms with Gasteiger partial charge in [-0.05, 0) is 18.6 Å². The second kappa shape index (κ2) is 5.45. The smallest absolute Gasteiger partial charge is 0.0867 e. The molecule has 0 unspecified atom stereocenters. The Hall–Kier alpha value is -1.80. The Morgan fingerprint density at radius 2 is 1.79 bits per heavy atom. The highest BCUT2D eigenvalue weighted by Gasteiger charge is 2.27. The van der Waals surface area contributed by atoms with E-state index in [1.807, 2.05) is 0 Å². The van der Waals surface area contributed by atoms with Gasteiger partial charge in [0.25, 0.3) is 0 Å². The number of ether oxygens (including phenoxy) is 1. The molecule has 0 saturated carbocycles. The lowest BCUT2D eigenvalue weighted by molar-refractivity contribution is 0.0499. The molecule has 3 rings (SSSR count). The summed E-state index contributed by atoms with van der Waals surface area (Å²) < 4.78 is 5.92. The lowest BCUT2D eigenvalue weighted by Crippen LogP contribution is -2.23. The van der Waals surface area contributed by atoms with Crippen LogP contribution >= 0.6 is 0 Å². The van der Waals surface area contributed by atoms with Crippen molar-refractivity contribution in [3.05, 3.63) is 65.7 Å². The zero-order valence-corrected chi connectivity index (χ0v) is 11.2. The summed E-state index contributed by atoms with van der Waals surface area (Å²) >= 11 is 0. The highest BCUT2D eigenvalue weighted by molar-refractivity contribution is 5.56. The SMILES string of the molecule is CCO[C@@H]1C[C@@H](c2ccccc2)Nc2ccccc21. The summed E-state index contributed by atoms with van der Waals surface area (Å²) in [4.78, 5) is 0. The minimum atomic E-state index is 0.188. The number of para-hydroxylation sites is 1. The normalized spacial score (nSPS) is 21.5. The van der Waals surface area contributed by atoms with Crippen LogP contribution in [0.4, 0.5) is 5.69 Å². The molecule has 0 amide bonds. The van der Waals surface area contributed by atoms with Crippen LogP contribution in [0.5, 0.6) is 0 Å². The first-order valence-electron chi connectivity index (χ1n) is 6.90. The van der Waals surface area contributed by atoms with E-state index >= 15 is 0 Å². The van der Waals surface area contributed by atoms with Gasteiger partial charge in [-0.2, -0.15) is 0 Å². The Balaban J connectivity index is 1.92. The Morgan fingerprint density at radius 1 is 1.05 bits per heavy atom. The molecule has 0 aliphatic carbocycles. The van der Waals surface area contributed by atoms with E-state index in [9.17, 15) is 0 Å². The molecular weight excluding hydrogens is 234 g/mol. The van der Waals surface area contributed by atoms with Gasteiger partial charge < -0.3 is 10.1 Å². The van der Waals surface area contributed by atoms with Crippen LogP contribution in [0.2, 0.25) is 0 Å². The van der Waals surface area contributed by atoms with Gasteiger partial charge in [0.1, 0.15) is 0 Å². The van der Waals surface area contributed by atoms with Crippen molar-refractivity contribution in [3.8, 4) is 0 Å². The number of fused-ring (bicyclic) bond motifs is 1. The summed E-state index contributed by atoms with van der Waals surface area (Å²) in [6, 6.07) is 19.4. The molecule has 0 spiro atoms. The molecule has 2 nitrogen and oxygen atoms in total. The van der Waals surface area contributed by atoms with Crippen LogP contribution in [0.1, 0.15) is 36.6 Å². The summed E-state index contributed by atoms with van der Waals surface area (Å²) in [5.74, 6) is 0. The Bertz CT molecular complexity index is 538. The van der Waals surface area contributed by atoms with Gasteiger partial charge in [-0.3, -0.25) is 0 Å². The molecule has 1 aliphatic heterocycles. The van der Waals surface area contributed by atoms with Crippen LogP contribution in [0.3, 0.4) is 0 Å². The van der Waals surface area contributed by atoms with Crippen molar-refractivity contribution in [2.24, 2.45) is 0 Å². The number of hydrogen-bond acceptors (Lipinski definition) is 2. The maximum Gasteiger partial charge on any atom is 0.0867 e. The van der Waals surface area contributed by atoms with Crippen molar-refractivity contribution in [1.82, 2.24) is 0 Å². The van der Waals surface area contributed by atoms with Crippen molar-refractivity contribution in [1.29, 1.82) is 0 Å². The van der Waals surface area contributed by atoms with Gasteiger partial charge >= 0.3 is 0 Å². The summed E-state index contributed by atoms with van der Waals surface area (Å²) in [5, 5.41) is 3.62. The first-order chi connectivity index (χ1) is 9.38. The number of benzene rings is 2. The number of anilines is 1. The summed E-state index contributed by atoms with van der Waals surface area (Å²) in [5.41, 5.74) is 3.79. The molecule has 2 aromatic carbocycles. The average Bonchev–Trinajstić information content (AvgIpc) is 2.48. The first kappa shape index (κ1) is 12.2. The van der Waals surface area contributed by atoms with E-state index in [-0.39, 0.29) is 6.10 Å². The van der Waals surface area contributed by atoms with E-state index in [1.165, 1.54) is 16.8 Å². The number of nitrogens with one attached hydrogen (secondary N) is 1. The molecule has 98 valence electrons. The van der Waals surface area contributed by atoms with Crippen LogP contribution in [-0.2, 0) is 4.74 Å². The van der Waals surface area contributed by atoms with Gasteiger partial charge in [-0.25, -0.2) is 0 Å². The fourth-order valence-corrected chi connectivity index (χ4v) is 2.76. The summed E-state index contributed by atoms with van der Waals surface area (Å²) in [6.07, 6.45) is 1.17. The monoisotopic (exact) mass is 253 g/mol. The third-order valence-corrected chi connectivity index (χ3v) is 3.66. The van der Waals surface area contributed by atoms with E-state index in [4.69, 9.17) is 4.74 Å². The summed E-state index contributed by atoms with van der Waals surface area (Å²) in [6.45, 7) is 2.81. The van der Waals surface area contributed by atoms with Crippen LogP contribution in [0.15, 0.2) is 54.6 Å². The molecule has 2 atom stereocenters. The molecule has 1 heterocycles. The van der Waals surface area contributed by atoms with Crippen LogP contribution < -0.4 is 5.32 Å². The molecule has 19 heavy (non-hydrogen) atoms. The van der Waals surface area contributed by atoms with Gasteiger partial charge in [0.15, 0.2) is 0 Å². The molecule has 1 N–H and O–H groups in total. The quantitative estimate of drug-likeness (QED) is 0.879. The van der Waals surface area contributed by atoms with Gasteiger partial charge in [0.2, 0.25) is 0 Å². The van der Waals surface area contributed by atoms with E-state index in [1.54, 1.807) is 0 Å². The molecule has 2 aromatic rings. The van der Waals surface area contributed by atoms with E-state index in [0.717, 1.165) is 13.0 Å². The average molecular weight is 253 g/mol. The van der Waals surface area contributed by atoms with Gasteiger partial charge in [0.05, 0.1) is 12.1 Å². The topological polar surface area (TPSA) is 21.3 Å². The predicted molar refractivity (Wildman–Crippen MR) is 78.2 cm³/mol. The van der Waals surface area contributed by atoms with Gasteiger partial charge in [-0.1, -0.05) is 48.5 Å². The van der Waals surface area contributed by atoms with Crippen molar-refractivity contribution in [2.45, 2.75) is 25.5 Å². The van der Waals surface area contributed by atoms with Crippen LogP contribution in [0.25, 0.3) is 0 Å². The lowest BCUT2D eigenvalue weighted by Gasteiger charge is -2.33. The Kier molecular flexibility index (Phi) is 3.51. The Morgan fingerprint density at radius 3 is 2.58 bits per heavy atom. The predicted octanol–water partition coefficient (Wildman–Crippen LogP) is 4.32. The van der Waals surface area contributed by atoms with Gasteiger partial charge in [-0.15, -0.1) is 0 Å². The molecule has 0 saturated heterocycles. The highest BCUT2D eigenvalue weighted by atomic mass is 16.5. The second-order valence-electron chi connectivity index (χ2n) is 4.87. The Labute approximate surface area is 114 Å². The van der Waals surface area contributed by atoms with Crippen LogP contribution in [-0.4, -0.2) is 6.61 Å². The molecule has 1 aliphatic rings. The largest absolute Gasteiger partial charge is 0.378 e. The number of hydrogen-bond donors (Lipinski definition) is 1. The third kappa shape index (κ3) is 2.49. The molecule has 2 heteroatoms. The minimum Gasteiger partial charge on any atom is -0.378 e. The summed E-state index contributed by atoms with van der Waals surface area (Å²) in [7, 11) is 0. The zero-order valence-electron chi connectivity index (χ0n) is 11.2. The van der Waals surface area contributed by atoms with E-state index in [0.29, 0.717) is 6.04 Å². The standard InChI is InChI=1S/C17H19NO/c1-2-19-17-12-16(13-8-4-3-5-9-13)18-15-11-7-6-10-14(15)17/h3-11,16-18H,2,12H2,1H3/t16-,17+/m0/s1. The zero-order chi connectivity index (χ0) is 13.1. The minimum absolute atomic E-state index is 0.188. The maximum atomic E-state index is 5.92. The van der Waals surface area contributed by atoms with Crippen molar-refractivity contribution < 1.29 is 4.74 Å². The van der Waals surface area contributed by atoms with Crippen molar-refractivity contribution in [3.63, 3.8) is 0 Å². The fraction of sp³-hybridized carbons (Fsp3) is 0.294. The lowest BCUT2D eigenvalue weighted by atomic mass is 9.91. The maximum absolute atomic E-state index is 5.92. The molecule has 0 bridgehead atoms. The second-order valence-corrected chi connectivity index (χ2v) is 4.87. The molecular formula is C17H19NO. The third-order valence-electron chi connectivity index (χ3n) is 3.66. The van der Waals surface area contributed by atoms with Crippen molar-refractivity contribution in [2.75, 3.05) is 11.9 Å². The van der Waals surface area contributed by atoms with E-state index < -0.39 is 0 Å². The fourth-order valence-electron chi connectivity index (χ4n) is 2.76. The molecule has 0 radical (unpaired) electrons. The number of rotatable bonds is 3. The van der Waals surface area contributed by atoms with E-state index in [2.05, 4.69) is 66.8 Å². The molecule has 0 aromatic heterocycles.